The van der Waals surface area contributed by atoms with Gasteiger partial charge in [-0.1, -0.05) is 35.5 Å². The molecule has 1 aliphatic rings. The fraction of sp³-hybridized carbons (Fsp3) is 0.292. The fourth-order valence-corrected chi connectivity index (χ4v) is 3.79. The minimum atomic E-state index is -0.508. The van der Waals surface area contributed by atoms with E-state index in [1.807, 2.05) is 30.3 Å². The van der Waals surface area contributed by atoms with Gasteiger partial charge in [-0.05, 0) is 54.7 Å². The Morgan fingerprint density at radius 2 is 1.94 bits per heavy atom. The number of hydrogen-bond acceptors (Lipinski definition) is 5. The number of hydrazine groups is 1. The molecule has 1 aromatic heterocycles. The van der Waals surface area contributed by atoms with E-state index in [2.05, 4.69) is 36.6 Å². The van der Waals surface area contributed by atoms with Crippen LogP contribution in [0.3, 0.4) is 0 Å². The number of nitrogens with zero attached hydrogens (tertiary/aromatic N) is 3. The molecule has 1 unspecified atom stereocenters. The third kappa shape index (κ3) is 4.44. The molecule has 3 aromatic rings. The molecule has 2 heterocycles. The van der Waals surface area contributed by atoms with E-state index < -0.39 is 5.91 Å². The summed E-state index contributed by atoms with van der Waals surface area (Å²) in [6, 6.07) is 15.0. The molecule has 1 atom stereocenters. The van der Waals surface area contributed by atoms with E-state index >= 15 is 0 Å². The van der Waals surface area contributed by atoms with E-state index in [1.54, 1.807) is 12.0 Å². The predicted octanol–water partition coefficient (Wildman–Crippen LogP) is 3.67. The first-order valence-electron chi connectivity index (χ1n) is 10.5. The number of aromatic nitrogens is 1. The molecule has 0 radical (unpaired) electrons. The molecule has 1 fully saturated rings. The molecule has 8 heteroatoms. The van der Waals surface area contributed by atoms with Crippen LogP contribution in [-0.2, 0) is 6.42 Å². The highest BCUT2D eigenvalue weighted by atomic mass is 16.5. The lowest BCUT2D eigenvalue weighted by Crippen LogP contribution is -2.45. The Hall–Kier alpha value is -3.81. The van der Waals surface area contributed by atoms with E-state index in [0.29, 0.717) is 19.5 Å². The second-order valence-corrected chi connectivity index (χ2v) is 7.86. The molecular formula is C24H26N4O4. The smallest absolute Gasteiger partial charge is 0.339 e. The van der Waals surface area contributed by atoms with E-state index in [1.165, 1.54) is 22.8 Å². The van der Waals surface area contributed by atoms with Gasteiger partial charge in [0.05, 0.1) is 25.9 Å². The Bertz CT molecular complexity index is 1100. The number of carbonyl (C=O) groups excluding carboxylic acids is 2. The summed E-state index contributed by atoms with van der Waals surface area (Å²) < 4.78 is 10.1. The Morgan fingerprint density at radius 1 is 1.16 bits per heavy atom. The van der Waals surface area contributed by atoms with Gasteiger partial charge in [0.15, 0.2) is 0 Å². The highest BCUT2D eigenvalue weighted by Gasteiger charge is 2.39. The lowest BCUT2D eigenvalue weighted by molar-refractivity contribution is 0.0807. The van der Waals surface area contributed by atoms with Crippen LogP contribution in [0.25, 0.3) is 0 Å². The van der Waals surface area contributed by atoms with E-state index in [-0.39, 0.29) is 17.8 Å². The average Bonchev–Trinajstić information content (AvgIpc) is 3.44. The quantitative estimate of drug-likeness (QED) is 0.613. The highest BCUT2D eigenvalue weighted by Crippen LogP contribution is 2.30. The van der Waals surface area contributed by atoms with Crippen molar-refractivity contribution in [2.24, 2.45) is 0 Å². The molecule has 0 aliphatic carbocycles. The molecule has 8 nitrogen and oxygen atoms in total. The monoisotopic (exact) mass is 434 g/mol. The van der Waals surface area contributed by atoms with Gasteiger partial charge in [-0.15, -0.1) is 0 Å². The van der Waals surface area contributed by atoms with Crippen molar-refractivity contribution in [1.82, 2.24) is 20.5 Å². The summed E-state index contributed by atoms with van der Waals surface area (Å²) in [7, 11) is 1.63. The highest BCUT2D eigenvalue weighted by molar-refractivity contribution is 5.93. The van der Waals surface area contributed by atoms with Crippen molar-refractivity contribution in [3.05, 3.63) is 82.7 Å². The van der Waals surface area contributed by atoms with Gasteiger partial charge in [-0.3, -0.25) is 10.2 Å². The maximum absolute atomic E-state index is 13.2. The second-order valence-electron chi connectivity index (χ2n) is 7.86. The molecule has 3 amide bonds. The van der Waals surface area contributed by atoms with Gasteiger partial charge in [-0.25, -0.2) is 9.80 Å². The Labute approximate surface area is 186 Å². The number of methoxy groups -OCH3 is 1. The van der Waals surface area contributed by atoms with Gasteiger partial charge in [0, 0.05) is 12.6 Å². The van der Waals surface area contributed by atoms with Crippen molar-refractivity contribution in [2.45, 2.75) is 26.3 Å². The molecule has 32 heavy (non-hydrogen) atoms. The van der Waals surface area contributed by atoms with Gasteiger partial charge < -0.3 is 14.2 Å². The fourth-order valence-electron chi connectivity index (χ4n) is 3.79. The summed E-state index contributed by atoms with van der Waals surface area (Å²) in [4.78, 5) is 27.5. The van der Waals surface area contributed by atoms with E-state index in [0.717, 1.165) is 22.4 Å². The largest absolute Gasteiger partial charge is 0.497 e. The SMILES string of the molecule is COc1ccc(CCN2C(=O)N(NC(=O)c3ccno3)CC2c2ccc(C)c(C)c2)cc1. The van der Waals surface area contributed by atoms with Crippen molar-refractivity contribution in [2.75, 3.05) is 20.2 Å². The molecule has 0 spiro atoms. The predicted molar refractivity (Wildman–Crippen MR) is 118 cm³/mol. The van der Waals surface area contributed by atoms with Crippen LogP contribution in [0.5, 0.6) is 5.75 Å². The van der Waals surface area contributed by atoms with Crippen molar-refractivity contribution in [1.29, 1.82) is 0 Å². The van der Waals surface area contributed by atoms with Crippen LogP contribution in [0.2, 0.25) is 0 Å². The number of benzene rings is 2. The third-order valence-corrected chi connectivity index (χ3v) is 5.82. The molecule has 0 saturated carbocycles. The Kier molecular flexibility index (Phi) is 6.11. The lowest BCUT2D eigenvalue weighted by atomic mass is 10.0. The number of rotatable bonds is 7. The third-order valence-electron chi connectivity index (χ3n) is 5.82. The van der Waals surface area contributed by atoms with Crippen LogP contribution in [0, 0.1) is 13.8 Å². The average molecular weight is 434 g/mol. The van der Waals surface area contributed by atoms with Gasteiger partial charge >= 0.3 is 11.9 Å². The number of nitrogens with one attached hydrogen (secondary N) is 1. The number of amides is 3. The van der Waals surface area contributed by atoms with Crippen LogP contribution in [-0.4, -0.2) is 47.2 Å². The summed E-state index contributed by atoms with van der Waals surface area (Å²) in [5.74, 6) is 0.337. The van der Waals surface area contributed by atoms with E-state index in [4.69, 9.17) is 9.26 Å². The first kappa shape index (κ1) is 21.4. The molecule has 2 aromatic carbocycles. The minimum absolute atomic E-state index is 0.0530. The molecule has 4 rings (SSSR count). The maximum atomic E-state index is 13.2. The van der Waals surface area contributed by atoms with Crippen molar-refractivity contribution >= 4 is 11.9 Å². The summed E-state index contributed by atoms with van der Waals surface area (Å²) >= 11 is 0. The first-order chi connectivity index (χ1) is 15.5. The molecule has 1 aliphatic heterocycles. The zero-order valence-corrected chi connectivity index (χ0v) is 18.4. The zero-order chi connectivity index (χ0) is 22.7. The Morgan fingerprint density at radius 3 is 2.59 bits per heavy atom. The Balaban J connectivity index is 1.54. The number of carbonyl (C=O) groups is 2. The molecular weight excluding hydrogens is 408 g/mol. The first-order valence-corrected chi connectivity index (χ1v) is 10.5. The minimum Gasteiger partial charge on any atom is -0.497 e. The van der Waals surface area contributed by atoms with Crippen LogP contribution in [0.1, 0.15) is 38.9 Å². The summed E-state index contributed by atoms with van der Waals surface area (Å²) in [5.41, 5.74) is 7.14. The van der Waals surface area contributed by atoms with Crippen LogP contribution in [0.15, 0.2) is 59.3 Å². The van der Waals surface area contributed by atoms with Crippen molar-refractivity contribution < 1.29 is 18.8 Å². The summed E-state index contributed by atoms with van der Waals surface area (Å²) in [5, 5.41) is 4.89. The van der Waals surface area contributed by atoms with Crippen LogP contribution < -0.4 is 10.2 Å². The van der Waals surface area contributed by atoms with Crippen molar-refractivity contribution in [3.63, 3.8) is 0 Å². The van der Waals surface area contributed by atoms with Gasteiger partial charge in [0.2, 0.25) is 5.76 Å². The summed E-state index contributed by atoms with van der Waals surface area (Å²) in [6.07, 6.45) is 2.07. The topological polar surface area (TPSA) is 87.9 Å². The van der Waals surface area contributed by atoms with Crippen molar-refractivity contribution in [3.8, 4) is 5.75 Å². The van der Waals surface area contributed by atoms with Crippen LogP contribution in [0.4, 0.5) is 4.79 Å². The zero-order valence-electron chi connectivity index (χ0n) is 18.4. The van der Waals surface area contributed by atoms with Crippen LogP contribution >= 0.6 is 0 Å². The standard InChI is InChI=1S/C24H26N4O4/c1-16-4-7-19(14-17(16)2)21-15-28(26-23(29)22-10-12-25-32-22)24(30)27(21)13-11-18-5-8-20(31-3)9-6-18/h4-10,12,14,21H,11,13,15H2,1-3H3,(H,26,29). The molecule has 1 N–H and O–H groups in total. The number of urea groups is 1. The number of aryl methyl sites for hydroxylation is 2. The lowest BCUT2D eigenvalue weighted by Gasteiger charge is -2.24. The molecule has 1 saturated heterocycles. The molecule has 166 valence electrons. The van der Waals surface area contributed by atoms with Gasteiger partial charge in [-0.2, -0.15) is 0 Å². The number of ether oxygens (including phenoxy) is 1. The second kappa shape index (κ2) is 9.13. The summed E-state index contributed by atoms with van der Waals surface area (Å²) in [6.45, 7) is 4.96. The molecule has 0 bridgehead atoms. The van der Waals surface area contributed by atoms with Gasteiger partial charge in [0.1, 0.15) is 5.75 Å². The maximum Gasteiger partial charge on any atom is 0.339 e. The number of hydrogen-bond donors (Lipinski definition) is 1. The van der Waals surface area contributed by atoms with Gasteiger partial charge in [0.25, 0.3) is 0 Å². The van der Waals surface area contributed by atoms with E-state index in [9.17, 15) is 9.59 Å². The normalized spacial score (nSPS) is 15.8.